The van der Waals surface area contributed by atoms with Crippen molar-refractivity contribution in [3.05, 3.63) is 0 Å². The lowest BCUT2D eigenvalue weighted by molar-refractivity contribution is 0.313. The zero-order valence-electron chi connectivity index (χ0n) is 8.73. The maximum absolute atomic E-state index is 5.54. The van der Waals surface area contributed by atoms with Crippen LogP contribution in [0.15, 0.2) is 0 Å². The molecule has 3 heteroatoms. The van der Waals surface area contributed by atoms with Gasteiger partial charge >= 0.3 is 0 Å². The van der Waals surface area contributed by atoms with E-state index >= 15 is 0 Å². The maximum atomic E-state index is 5.54. The molecule has 0 rings (SSSR count). The van der Waals surface area contributed by atoms with E-state index in [1.54, 1.807) is 0 Å². The van der Waals surface area contributed by atoms with Crippen molar-refractivity contribution in [3.63, 3.8) is 0 Å². The van der Waals surface area contributed by atoms with Crippen molar-refractivity contribution in [2.75, 3.05) is 6.61 Å². The van der Waals surface area contributed by atoms with Gasteiger partial charge < -0.3 is 9.41 Å². The molecule has 0 aromatic carbocycles. The summed E-state index contributed by atoms with van der Waals surface area (Å²) in [5.74, 6) is 0. The van der Waals surface area contributed by atoms with E-state index in [-0.39, 0.29) is 0 Å². The Bertz CT molecular complexity index is 90.6. The summed E-state index contributed by atoms with van der Waals surface area (Å²) in [7, 11) is -0.425. The normalized spacial score (nSPS) is 14.2. The van der Waals surface area contributed by atoms with Gasteiger partial charge in [0.05, 0.1) is 0 Å². The Balaban J connectivity index is 2.90. The predicted molar refractivity (Wildman–Crippen MR) is 56.9 cm³/mol. The molecule has 2 nitrogen and oxygen atoms in total. The van der Waals surface area contributed by atoms with E-state index in [0.29, 0.717) is 6.04 Å². The first-order valence-electron chi connectivity index (χ1n) is 5.12. The summed E-state index contributed by atoms with van der Waals surface area (Å²) in [6.45, 7) is 7.59. The third kappa shape index (κ3) is 8.24. The molecule has 1 unspecified atom stereocenters. The quantitative estimate of drug-likeness (QED) is 0.462. The number of hydrogen-bond donors (Lipinski definition) is 1. The van der Waals surface area contributed by atoms with Gasteiger partial charge in [-0.1, -0.05) is 33.6 Å². The molecular formula is C9H23NOSi. The molecule has 0 aromatic heterocycles. The van der Waals surface area contributed by atoms with Gasteiger partial charge in [-0.05, 0) is 18.9 Å². The van der Waals surface area contributed by atoms with Gasteiger partial charge in [-0.25, -0.2) is 0 Å². The fourth-order valence-corrected chi connectivity index (χ4v) is 1.91. The van der Waals surface area contributed by atoms with E-state index in [1.165, 1.54) is 25.7 Å². The molecule has 0 spiro atoms. The minimum Gasteiger partial charge on any atom is -0.409 e. The zero-order valence-corrected chi connectivity index (χ0v) is 10.1. The van der Waals surface area contributed by atoms with E-state index < -0.39 is 9.92 Å². The SMILES string of the molecule is CCCCCO[SiH2]NC(C)CC. The van der Waals surface area contributed by atoms with Gasteiger partial charge in [0.25, 0.3) is 0 Å². The summed E-state index contributed by atoms with van der Waals surface area (Å²) >= 11 is 0. The molecule has 74 valence electrons. The van der Waals surface area contributed by atoms with Gasteiger partial charge in [0.2, 0.25) is 9.92 Å². The first-order chi connectivity index (χ1) is 5.81. The number of hydrogen-bond acceptors (Lipinski definition) is 2. The van der Waals surface area contributed by atoms with Crippen molar-refractivity contribution in [1.82, 2.24) is 4.98 Å². The van der Waals surface area contributed by atoms with Crippen LogP contribution in [0.25, 0.3) is 0 Å². The van der Waals surface area contributed by atoms with E-state index in [1.807, 2.05) is 0 Å². The third-order valence-electron chi connectivity index (χ3n) is 2.04. The van der Waals surface area contributed by atoms with E-state index in [9.17, 15) is 0 Å². The number of unbranched alkanes of at least 4 members (excludes halogenated alkanes) is 2. The molecule has 0 saturated heterocycles. The van der Waals surface area contributed by atoms with E-state index in [2.05, 4.69) is 25.8 Å². The highest BCUT2D eigenvalue weighted by molar-refractivity contribution is 6.23. The Morgan fingerprint density at radius 1 is 1.33 bits per heavy atom. The summed E-state index contributed by atoms with van der Waals surface area (Å²) in [5.41, 5.74) is 0. The van der Waals surface area contributed by atoms with Crippen LogP contribution in [0.5, 0.6) is 0 Å². The van der Waals surface area contributed by atoms with Crippen molar-refractivity contribution in [1.29, 1.82) is 0 Å². The second-order valence-electron chi connectivity index (χ2n) is 3.27. The van der Waals surface area contributed by atoms with Gasteiger partial charge in [0, 0.05) is 6.61 Å². The molecule has 1 atom stereocenters. The Morgan fingerprint density at radius 2 is 2.08 bits per heavy atom. The highest BCUT2D eigenvalue weighted by Crippen LogP contribution is 1.93. The molecule has 0 fully saturated rings. The van der Waals surface area contributed by atoms with Crippen molar-refractivity contribution >= 4 is 9.92 Å². The van der Waals surface area contributed by atoms with Crippen molar-refractivity contribution < 1.29 is 4.43 Å². The van der Waals surface area contributed by atoms with Gasteiger partial charge in [0.15, 0.2) is 0 Å². The van der Waals surface area contributed by atoms with Crippen LogP contribution in [-0.2, 0) is 4.43 Å². The van der Waals surface area contributed by atoms with Crippen molar-refractivity contribution in [2.24, 2.45) is 0 Å². The number of nitrogens with one attached hydrogen (secondary N) is 1. The summed E-state index contributed by atoms with van der Waals surface area (Å²) < 4.78 is 5.54. The van der Waals surface area contributed by atoms with Crippen LogP contribution >= 0.6 is 0 Å². The molecule has 0 amide bonds. The molecule has 0 aromatic rings. The average Bonchev–Trinajstić information content (AvgIpc) is 2.10. The fraction of sp³-hybridized carbons (Fsp3) is 1.00. The maximum Gasteiger partial charge on any atom is 0.236 e. The Hall–Kier alpha value is 0.137. The molecule has 0 saturated carbocycles. The van der Waals surface area contributed by atoms with Crippen molar-refractivity contribution in [3.8, 4) is 0 Å². The van der Waals surface area contributed by atoms with E-state index in [4.69, 9.17) is 4.43 Å². The molecule has 0 radical (unpaired) electrons. The standard InChI is InChI=1S/C9H23NOSi/c1-4-6-7-8-11-12-10-9(3)5-2/h9-10H,4-8,12H2,1-3H3. The van der Waals surface area contributed by atoms with Crippen LogP contribution < -0.4 is 4.98 Å². The van der Waals surface area contributed by atoms with Crippen molar-refractivity contribution in [2.45, 2.75) is 52.5 Å². The Labute approximate surface area is 79.1 Å². The molecule has 0 heterocycles. The summed E-state index contributed by atoms with van der Waals surface area (Å²) in [6.07, 6.45) is 5.01. The minimum atomic E-state index is -0.425. The highest BCUT2D eigenvalue weighted by Gasteiger charge is 1.95. The van der Waals surface area contributed by atoms with Gasteiger partial charge in [-0.3, -0.25) is 0 Å². The molecule has 1 N–H and O–H groups in total. The molecule has 0 aliphatic heterocycles. The van der Waals surface area contributed by atoms with Gasteiger partial charge in [-0.15, -0.1) is 0 Å². The highest BCUT2D eigenvalue weighted by atomic mass is 28.2. The second-order valence-corrected chi connectivity index (χ2v) is 4.38. The molecule has 0 aliphatic rings. The Kier molecular flexibility index (Phi) is 9.33. The summed E-state index contributed by atoms with van der Waals surface area (Å²) in [4.78, 5) is 3.43. The van der Waals surface area contributed by atoms with Gasteiger partial charge in [0.1, 0.15) is 0 Å². The second kappa shape index (κ2) is 9.23. The van der Waals surface area contributed by atoms with Crippen LogP contribution in [0, 0.1) is 0 Å². The summed E-state index contributed by atoms with van der Waals surface area (Å²) in [6, 6.07) is 0.642. The molecule has 12 heavy (non-hydrogen) atoms. The lowest BCUT2D eigenvalue weighted by Crippen LogP contribution is -2.31. The molecule has 0 bridgehead atoms. The molecular weight excluding hydrogens is 166 g/mol. The fourth-order valence-electron chi connectivity index (χ4n) is 0.872. The minimum absolute atomic E-state index is 0.425. The van der Waals surface area contributed by atoms with Gasteiger partial charge in [-0.2, -0.15) is 0 Å². The number of rotatable bonds is 8. The van der Waals surface area contributed by atoms with Crippen LogP contribution in [0.4, 0.5) is 0 Å². The molecule has 0 aliphatic carbocycles. The van der Waals surface area contributed by atoms with Crippen LogP contribution in [0.1, 0.15) is 46.5 Å². The third-order valence-corrected chi connectivity index (χ3v) is 3.39. The first-order valence-corrected chi connectivity index (χ1v) is 6.40. The Morgan fingerprint density at radius 3 is 2.67 bits per heavy atom. The largest absolute Gasteiger partial charge is 0.409 e. The topological polar surface area (TPSA) is 21.3 Å². The smallest absolute Gasteiger partial charge is 0.236 e. The summed E-state index contributed by atoms with van der Waals surface area (Å²) in [5, 5.41) is 0. The first kappa shape index (κ1) is 12.1. The lowest BCUT2D eigenvalue weighted by Gasteiger charge is -2.10. The van der Waals surface area contributed by atoms with Crippen LogP contribution in [0.3, 0.4) is 0 Å². The zero-order chi connectivity index (χ0) is 9.23. The van der Waals surface area contributed by atoms with Crippen LogP contribution in [-0.4, -0.2) is 22.6 Å². The lowest BCUT2D eigenvalue weighted by atomic mass is 10.3. The average molecular weight is 189 g/mol. The van der Waals surface area contributed by atoms with Crippen LogP contribution in [0.2, 0.25) is 0 Å². The van der Waals surface area contributed by atoms with E-state index in [0.717, 1.165) is 6.61 Å². The monoisotopic (exact) mass is 189 g/mol. The predicted octanol–water partition coefficient (Wildman–Crippen LogP) is 1.58.